The van der Waals surface area contributed by atoms with E-state index in [1.54, 1.807) is 0 Å². The lowest BCUT2D eigenvalue weighted by molar-refractivity contribution is -0.133. The van der Waals surface area contributed by atoms with Crippen molar-refractivity contribution in [2.75, 3.05) is 11.5 Å². The number of carbonyl (C=O) groups is 2. The maximum Gasteiger partial charge on any atom is 0.313 e. The molecule has 0 saturated carbocycles. The first-order chi connectivity index (χ1) is 8.09. The normalized spacial score (nSPS) is 11.8. The van der Waals surface area contributed by atoms with Gasteiger partial charge in [0.25, 0.3) is 0 Å². The molecule has 1 amide bonds. The lowest BCUT2D eigenvalue weighted by atomic mass is 10.1. The Morgan fingerprint density at radius 1 is 1.29 bits per heavy atom. The molecule has 1 aromatic carbocycles. The first kappa shape index (κ1) is 13.6. The van der Waals surface area contributed by atoms with Gasteiger partial charge in [-0.25, -0.2) is 0 Å². The van der Waals surface area contributed by atoms with Crippen molar-refractivity contribution in [1.29, 1.82) is 0 Å². The number of carboxylic acids is 1. The van der Waals surface area contributed by atoms with Crippen molar-refractivity contribution in [3.05, 3.63) is 35.9 Å². The minimum absolute atomic E-state index is 0.0485. The predicted molar refractivity (Wildman–Crippen MR) is 68.0 cm³/mol. The van der Waals surface area contributed by atoms with E-state index in [4.69, 9.17) is 5.11 Å². The Hall–Kier alpha value is -1.49. The Morgan fingerprint density at radius 2 is 1.94 bits per heavy atom. The van der Waals surface area contributed by atoms with Crippen LogP contribution >= 0.6 is 11.8 Å². The van der Waals surface area contributed by atoms with Crippen LogP contribution in [0.3, 0.4) is 0 Å². The molecule has 1 atom stereocenters. The largest absolute Gasteiger partial charge is 0.481 e. The summed E-state index contributed by atoms with van der Waals surface area (Å²) in [5.74, 6) is -0.928. The number of rotatable bonds is 6. The molecule has 0 aliphatic rings. The third-order valence-corrected chi connectivity index (χ3v) is 3.05. The number of carbonyl (C=O) groups excluding carboxylic acids is 1. The molecule has 0 radical (unpaired) electrons. The average molecular weight is 253 g/mol. The average Bonchev–Trinajstić information content (AvgIpc) is 2.29. The molecule has 0 heterocycles. The summed E-state index contributed by atoms with van der Waals surface area (Å²) in [6, 6.07) is 9.56. The third-order valence-electron chi connectivity index (χ3n) is 2.14. The van der Waals surface area contributed by atoms with E-state index >= 15 is 0 Å². The topological polar surface area (TPSA) is 66.4 Å². The molecule has 0 spiro atoms. The summed E-state index contributed by atoms with van der Waals surface area (Å²) >= 11 is 1.10. The van der Waals surface area contributed by atoms with E-state index in [1.165, 1.54) is 0 Å². The molecule has 0 fully saturated rings. The Labute approximate surface area is 104 Å². The maximum atomic E-state index is 11.5. The van der Waals surface area contributed by atoms with Crippen LogP contribution in [0.2, 0.25) is 0 Å². The van der Waals surface area contributed by atoms with E-state index in [9.17, 15) is 9.59 Å². The van der Waals surface area contributed by atoms with Crippen LogP contribution in [0.4, 0.5) is 0 Å². The quantitative estimate of drug-likeness (QED) is 0.809. The fourth-order valence-electron chi connectivity index (χ4n) is 1.34. The first-order valence-electron chi connectivity index (χ1n) is 5.23. The van der Waals surface area contributed by atoms with E-state index in [1.807, 2.05) is 37.3 Å². The number of hydrogen-bond donors (Lipinski definition) is 2. The van der Waals surface area contributed by atoms with Crippen molar-refractivity contribution in [3.63, 3.8) is 0 Å². The number of carboxylic acid groups (broad SMARTS) is 1. The van der Waals surface area contributed by atoms with Gasteiger partial charge in [-0.1, -0.05) is 30.3 Å². The summed E-state index contributed by atoms with van der Waals surface area (Å²) in [6.45, 7) is 1.90. The molecule has 0 aliphatic heterocycles. The van der Waals surface area contributed by atoms with Gasteiger partial charge in [-0.3, -0.25) is 9.59 Å². The molecule has 4 nitrogen and oxygen atoms in total. The Kier molecular flexibility index (Phi) is 5.56. The van der Waals surface area contributed by atoms with Gasteiger partial charge in [-0.05, 0) is 12.5 Å². The summed E-state index contributed by atoms with van der Waals surface area (Å²) in [7, 11) is 0. The van der Waals surface area contributed by atoms with Crippen molar-refractivity contribution < 1.29 is 14.7 Å². The number of nitrogens with one attached hydrogen (secondary N) is 1. The van der Waals surface area contributed by atoms with Crippen LogP contribution in [-0.4, -0.2) is 28.5 Å². The molecular formula is C12H15NO3S. The summed E-state index contributed by atoms with van der Waals surface area (Å²) in [4.78, 5) is 21.8. The van der Waals surface area contributed by atoms with Crippen LogP contribution in [0, 0.1) is 0 Å². The highest BCUT2D eigenvalue weighted by atomic mass is 32.2. The fourth-order valence-corrected chi connectivity index (χ4v) is 1.88. The molecule has 0 aromatic heterocycles. The van der Waals surface area contributed by atoms with Crippen molar-refractivity contribution in [2.45, 2.75) is 13.0 Å². The second-order valence-electron chi connectivity index (χ2n) is 3.59. The van der Waals surface area contributed by atoms with Gasteiger partial charge in [0.05, 0.1) is 17.5 Å². The van der Waals surface area contributed by atoms with Crippen LogP contribution in [0.25, 0.3) is 0 Å². The minimum atomic E-state index is -0.904. The summed E-state index contributed by atoms with van der Waals surface area (Å²) < 4.78 is 0. The highest BCUT2D eigenvalue weighted by Crippen LogP contribution is 2.11. The van der Waals surface area contributed by atoms with Gasteiger partial charge in [0.2, 0.25) is 5.91 Å². The number of amides is 1. The highest BCUT2D eigenvalue weighted by molar-refractivity contribution is 8.00. The standard InChI is InChI=1S/C12H15NO3S/c1-9(10-5-3-2-4-6-10)13-11(14)7-17-8-12(15)16/h2-6,9H,7-8H2,1H3,(H,13,14)(H,15,16). The number of benzene rings is 1. The number of hydrogen-bond acceptors (Lipinski definition) is 3. The zero-order valence-corrected chi connectivity index (χ0v) is 10.4. The van der Waals surface area contributed by atoms with Crippen molar-refractivity contribution >= 4 is 23.6 Å². The van der Waals surface area contributed by atoms with Crippen molar-refractivity contribution in [1.82, 2.24) is 5.32 Å². The molecule has 1 rings (SSSR count). The Balaban J connectivity index is 2.34. The Morgan fingerprint density at radius 3 is 2.53 bits per heavy atom. The second kappa shape index (κ2) is 6.96. The molecule has 5 heteroatoms. The van der Waals surface area contributed by atoms with Crippen LogP contribution in [0.15, 0.2) is 30.3 Å². The molecule has 0 bridgehead atoms. The van der Waals surface area contributed by atoms with Gasteiger partial charge < -0.3 is 10.4 Å². The molecule has 17 heavy (non-hydrogen) atoms. The zero-order chi connectivity index (χ0) is 12.7. The summed E-state index contributed by atoms with van der Waals surface area (Å²) in [6.07, 6.45) is 0. The smallest absolute Gasteiger partial charge is 0.313 e. The first-order valence-corrected chi connectivity index (χ1v) is 6.39. The highest BCUT2D eigenvalue weighted by Gasteiger charge is 2.09. The zero-order valence-electron chi connectivity index (χ0n) is 9.55. The van der Waals surface area contributed by atoms with Crippen LogP contribution in [-0.2, 0) is 9.59 Å². The minimum Gasteiger partial charge on any atom is -0.481 e. The maximum absolute atomic E-state index is 11.5. The molecular weight excluding hydrogens is 238 g/mol. The van der Waals surface area contributed by atoms with Crippen molar-refractivity contribution in [3.8, 4) is 0 Å². The number of aliphatic carboxylic acids is 1. The van der Waals surface area contributed by atoms with E-state index < -0.39 is 5.97 Å². The van der Waals surface area contributed by atoms with Gasteiger partial charge in [-0.15, -0.1) is 11.8 Å². The molecule has 92 valence electrons. The van der Waals surface area contributed by atoms with E-state index in [-0.39, 0.29) is 23.5 Å². The second-order valence-corrected chi connectivity index (χ2v) is 4.57. The molecule has 1 unspecified atom stereocenters. The summed E-state index contributed by atoms with van der Waals surface area (Å²) in [5, 5.41) is 11.3. The van der Waals surface area contributed by atoms with Gasteiger partial charge in [0, 0.05) is 0 Å². The fraction of sp³-hybridized carbons (Fsp3) is 0.333. The molecule has 1 aromatic rings. The SMILES string of the molecule is CC(NC(=O)CSCC(=O)O)c1ccccc1. The molecule has 2 N–H and O–H groups in total. The monoisotopic (exact) mass is 253 g/mol. The van der Waals surface area contributed by atoms with Gasteiger partial charge >= 0.3 is 5.97 Å². The van der Waals surface area contributed by atoms with Crippen LogP contribution < -0.4 is 5.32 Å². The van der Waals surface area contributed by atoms with E-state index in [0.717, 1.165) is 17.3 Å². The molecule has 0 saturated heterocycles. The van der Waals surface area contributed by atoms with E-state index in [0.29, 0.717) is 0 Å². The van der Waals surface area contributed by atoms with E-state index in [2.05, 4.69) is 5.32 Å². The van der Waals surface area contributed by atoms with Crippen LogP contribution in [0.1, 0.15) is 18.5 Å². The number of thioether (sulfide) groups is 1. The van der Waals surface area contributed by atoms with Crippen LogP contribution in [0.5, 0.6) is 0 Å². The Bertz CT molecular complexity index is 381. The van der Waals surface area contributed by atoms with Gasteiger partial charge in [0.1, 0.15) is 0 Å². The summed E-state index contributed by atoms with van der Waals surface area (Å²) in [5.41, 5.74) is 1.03. The molecule has 0 aliphatic carbocycles. The van der Waals surface area contributed by atoms with Crippen molar-refractivity contribution in [2.24, 2.45) is 0 Å². The predicted octanol–water partition coefficient (Wildman–Crippen LogP) is 1.68. The lowest BCUT2D eigenvalue weighted by Gasteiger charge is -2.13. The lowest BCUT2D eigenvalue weighted by Crippen LogP contribution is -2.28. The van der Waals surface area contributed by atoms with Gasteiger partial charge in [-0.2, -0.15) is 0 Å². The third kappa shape index (κ3) is 5.40. The van der Waals surface area contributed by atoms with Gasteiger partial charge in [0.15, 0.2) is 0 Å².